The molecule has 1 nitrogen and oxygen atoms in total. The van der Waals surface area contributed by atoms with Crippen LogP contribution >= 0.6 is 0 Å². The van der Waals surface area contributed by atoms with Gasteiger partial charge in [-0.1, -0.05) is 6.07 Å². The second kappa shape index (κ2) is 4.95. The first-order valence-corrected chi connectivity index (χ1v) is 4.68. The second-order valence-corrected chi connectivity index (χ2v) is 3.52. The van der Waals surface area contributed by atoms with Gasteiger partial charge in [-0.3, -0.25) is 0 Å². The predicted octanol–water partition coefficient (Wildman–Crippen LogP) is 3.45. The van der Waals surface area contributed by atoms with Crippen molar-refractivity contribution in [2.24, 2.45) is 5.73 Å². The number of alkyl halides is 3. The van der Waals surface area contributed by atoms with Crippen molar-refractivity contribution >= 4 is 0 Å². The van der Waals surface area contributed by atoms with Crippen LogP contribution in [0, 0.1) is 17.5 Å². The van der Waals surface area contributed by atoms with E-state index in [1.165, 1.54) is 0 Å². The van der Waals surface area contributed by atoms with Crippen LogP contribution in [0.25, 0.3) is 0 Å². The number of benzene rings is 1. The Hall–Kier alpha value is -1.24. The van der Waals surface area contributed by atoms with Crippen LogP contribution in [-0.4, -0.2) is 6.18 Å². The molecule has 0 aliphatic heterocycles. The van der Waals surface area contributed by atoms with Gasteiger partial charge in [0.2, 0.25) is 0 Å². The SMILES string of the molecule is N[C@@H](CCC(F)(F)F)c1ccc(F)c(F)c1F. The first kappa shape index (κ1) is 13.8. The summed E-state index contributed by atoms with van der Waals surface area (Å²) < 4.78 is 74.2. The molecule has 1 atom stereocenters. The molecule has 17 heavy (non-hydrogen) atoms. The molecule has 1 aromatic carbocycles. The molecule has 0 amide bonds. The molecular weight excluding hydrogens is 248 g/mol. The summed E-state index contributed by atoms with van der Waals surface area (Å²) in [6.45, 7) is 0. The molecule has 0 aliphatic rings. The highest BCUT2D eigenvalue weighted by atomic mass is 19.4. The van der Waals surface area contributed by atoms with E-state index in [2.05, 4.69) is 0 Å². The summed E-state index contributed by atoms with van der Waals surface area (Å²) >= 11 is 0. The molecule has 0 fully saturated rings. The van der Waals surface area contributed by atoms with Gasteiger partial charge < -0.3 is 5.73 Å². The fraction of sp³-hybridized carbons (Fsp3) is 0.400. The van der Waals surface area contributed by atoms with E-state index in [4.69, 9.17) is 5.73 Å². The average Bonchev–Trinajstić information content (AvgIpc) is 2.22. The van der Waals surface area contributed by atoms with E-state index in [-0.39, 0.29) is 0 Å². The molecule has 0 radical (unpaired) electrons. The lowest BCUT2D eigenvalue weighted by Crippen LogP contribution is -2.17. The lowest BCUT2D eigenvalue weighted by molar-refractivity contribution is -0.136. The van der Waals surface area contributed by atoms with Crippen LogP contribution < -0.4 is 5.73 Å². The minimum Gasteiger partial charge on any atom is -0.324 e. The maximum Gasteiger partial charge on any atom is 0.389 e. The minimum absolute atomic E-state index is 0.465. The van der Waals surface area contributed by atoms with Gasteiger partial charge in [0.15, 0.2) is 17.5 Å². The van der Waals surface area contributed by atoms with E-state index >= 15 is 0 Å². The highest BCUT2D eigenvalue weighted by Gasteiger charge is 2.29. The molecule has 0 aliphatic carbocycles. The fourth-order valence-electron chi connectivity index (χ4n) is 1.30. The monoisotopic (exact) mass is 257 g/mol. The van der Waals surface area contributed by atoms with Gasteiger partial charge in [-0.15, -0.1) is 0 Å². The lowest BCUT2D eigenvalue weighted by atomic mass is 10.0. The van der Waals surface area contributed by atoms with E-state index in [0.29, 0.717) is 6.07 Å². The Bertz CT molecular complexity index is 401. The summed E-state index contributed by atoms with van der Waals surface area (Å²) in [6.07, 6.45) is -6.23. The summed E-state index contributed by atoms with van der Waals surface area (Å²) in [5.41, 5.74) is 4.83. The Balaban J connectivity index is 2.83. The number of rotatable bonds is 3. The molecule has 2 N–H and O–H groups in total. The smallest absolute Gasteiger partial charge is 0.324 e. The molecular formula is C10H9F6N. The van der Waals surface area contributed by atoms with Crippen molar-refractivity contribution in [2.45, 2.75) is 25.1 Å². The van der Waals surface area contributed by atoms with Crippen LogP contribution in [0.4, 0.5) is 26.3 Å². The van der Waals surface area contributed by atoms with Crippen molar-refractivity contribution in [3.8, 4) is 0 Å². The van der Waals surface area contributed by atoms with E-state index in [9.17, 15) is 26.3 Å². The molecule has 0 bridgehead atoms. The number of hydrogen-bond donors (Lipinski definition) is 1. The van der Waals surface area contributed by atoms with Crippen molar-refractivity contribution < 1.29 is 26.3 Å². The molecule has 0 heterocycles. The van der Waals surface area contributed by atoms with Gasteiger partial charge in [0.25, 0.3) is 0 Å². The van der Waals surface area contributed by atoms with Gasteiger partial charge in [0.05, 0.1) is 0 Å². The molecule has 1 rings (SSSR count). The van der Waals surface area contributed by atoms with Crippen LogP contribution in [0.3, 0.4) is 0 Å². The summed E-state index contributed by atoms with van der Waals surface area (Å²) in [6, 6.07) is 0.141. The van der Waals surface area contributed by atoms with Crippen LogP contribution in [0.1, 0.15) is 24.4 Å². The number of hydrogen-bond acceptors (Lipinski definition) is 1. The first-order chi connectivity index (χ1) is 7.72. The van der Waals surface area contributed by atoms with Gasteiger partial charge in [-0.25, -0.2) is 13.2 Å². The summed E-state index contributed by atoms with van der Waals surface area (Å²) in [4.78, 5) is 0. The minimum atomic E-state index is -4.42. The third kappa shape index (κ3) is 3.62. The first-order valence-electron chi connectivity index (χ1n) is 4.68. The zero-order valence-electron chi connectivity index (χ0n) is 8.49. The van der Waals surface area contributed by atoms with Crippen LogP contribution in [0.15, 0.2) is 12.1 Å². The Morgan fingerprint density at radius 3 is 2.18 bits per heavy atom. The lowest BCUT2D eigenvalue weighted by Gasteiger charge is -2.14. The number of halogens is 6. The largest absolute Gasteiger partial charge is 0.389 e. The molecule has 0 unspecified atom stereocenters. The highest BCUT2D eigenvalue weighted by Crippen LogP contribution is 2.28. The van der Waals surface area contributed by atoms with Crippen LogP contribution in [-0.2, 0) is 0 Å². The van der Waals surface area contributed by atoms with E-state index in [1.54, 1.807) is 0 Å². The standard InChI is InChI=1S/C10H9F6N/c11-6-2-1-5(8(12)9(6)13)7(17)3-4-10(14,15)16/h1-2,7H,3-4,17H2/t7-/m0/s1. The van der Waals surface area contributed by atoms with Gasteiger partial charge >= 0.3 is 6.18 Å². The molecule has 0 saturated carbocycles. The third-order valence-corrected chi connectivity index (χ3v) is 2.20. The topological polar surface area (TPSA) is 26.0 Å². The van der Waals surface area contributed by atoms with Crippen molar-refractivity contribution in [3.05, 3.63) is 35.1 Å². The third-order valence-electron chi connectivity index (χ3n) is 2.20. The summed E-state index contributed by atoms with van der Waals surface area (Å²) in [5, 5.41) is 0. The average molecular weight is 257 g/mol. The summed E-state index contributed by atoms with van der Waals surface area (Å²) in [7, 11) is 0. The molecule has 0 saturated heterocycles. The predicted molar refractivity (Wildman–Crippen MR) is 48.5 cm³/mol. The van der Waals surface area contributed by atoms with Gasteiger partial charge in [0, 0.05) is 18.0 Å². The molecule has 96 valence electrons. The molecule has 1 aromatic rings. The second-order valence-electron chi connectivity index (χ2n) is 3.52. The normalized spacial score (nSPS) is 13.8. The Morgan fingerprint density at radius 2 is 1.65 bits per heavy atom. The fourth-order valence-corrected chi connectivity index (χ4v) is 1.30. The highest BCUT2D eigenvalue weighted by molar-refractivity contribution is 5.23. The molecule has 7 heteroatoms. The van der Waals surface area contributed by atoms with Crippen molar-refractivity contribution in [1.29, 1.82) is 0 Å². The van der Waals surface area contributed by atoms with Gasteiger partial charge in [-0.2, -0.15) is 13.2 Å². The zero-order chi connectivity index (χ0) is 13.2. The van der Waals surface area contributed by atoms with Crippen molar-refractivity contribution in [1.82, 2.24) is 0 Å². The Kier molecular flexibility index (Phi) is 4.03. The number of nitrogens with two attached hydrogens (primary N) is 1. The summed E-state index contributed by atoms with van der Waals surface area (Å²) in [5.74, 6) is -4.68. The maximum absolute atomic E-state index is 13.2. The Labute approximate surface area is 93.2 Å². The van der Waals surface area contributed by atoms with E-state index in [0.717, 1.165) is 6.07 Å². The Morgan fingerprint density at radius 1 is 1.06 bits per heavy atom. The van der Waals surface area contributed by atoms with Crippen molar-refractivity contribution in [3.63, 3.8) is 0 Å². The van der Waals surface area contributed by atoms with Crippen LogP contribution in [0.5, 0.6) is 0 Å². The van der Waals surface area contributed by atoms with Crippen molar-refractivity contribution in [2.75, 3.05) is 0 Å². The van der Waals surface area contributed by atoms with E-state index in [1.807, 2.05) is 0 Å². The maximum atomic E-state index is 13.2. The quantitative estimate of drug-likeness (QED) is 0.651. The van der Waals surface area contributed by atoms with Gasteiger partial charge in [-0.05, 0) is 12.5 Å². The van der Waals surface area contributed by atoms with Crippen LogP contribution in [0.2, 0.25) is 0 Å². The molecule has 0 spiro atoms. The zero-order valence-corrected chi connectivity index (χ0v) is 8.49. The van der Waals surface area contributed by atoms with E-state index < -0.39 is 48.1 Å². The molecule has 0 aromatic heterocycles. The van der Waals surface area contributed by atoms with Gasteiger partial charge in [0.1, 0.15) is 0 Å².